The van der Waals surface area contributed by atoms with Crippen LogP contribution in [0.15, 0.2) is 59.3 Å². The number of amides is 1. The summed E-state index contributed by atoms with van der Waals surface area (Å²) in [7, 11) is 0. The molecular formula is C21H21N3O4. The normalized spacial score (nSPS) is 11.9. The van der Waals surface area contributed by atoms with Crippen molar-refractivity contribution in [2.75, 3.05) is 5.32 Å². The topological polar surface area (TPSA) is 94.3 Å². The fourth-order valence-electron chi connectivity index (χ4n) is 2.68. The molecule has 0 aliphatic rings. The number of nitrogens with zero attached hydrogens (tertiary/aromatic N) is 2. The monoisotopic (exact) mass is 379 g/mol. The Labute approximate surface area is 162 Å². The molecule has 3 rings (SSSR count). The van der Waals surface area contributed by atoms with Crippen LogP contribution in [0.25, 0.3) is 11.5 Å². The van der Waals surface area contributed by atoms with E-state index < -0.39 is 12.1 Å². The highest BCUT2D eigenvalue weighted by atomic mass is 16.5. The number of ether oxygens (including phenoxy) is 1. The molecule has 1 N–H and O–H groups in total. The number of rotatable bonds is 6. The molecule has 0 aliphatic carbocycles. The van der Waals surface area contributed by atoms with Crippen LogP contribution in [0.4, 0.5) is 5.69 Å². The minimum Gasteiger partial charge on any atom is -0.449 e. The zero-order valence-electron chi connectivity index (χ0n) is 15.9. The summed E-state index contributed by atoms with van der Waals surface area (Å²) in [5.41, 5.74) is 2.75. The Kier molecular flexibility index (Phi) is 5.84. The Morgan fingerprint density at radius 3 is 2.39 bits per heavy atom. The zero-order chi connectivity index (χ0) is 20.1. The third-order valence-corrected chi connectivity index (χ3v) is 4.22. The highest BCUT2D eigenvalue weighted by molar-refractivity contribution is 5.97. The second-order valence-corrected chi connectivity index (χ2v) is 6.60. The van der Waals surface area contributed by atoms with E-state index in [9.17, 15) is 9.59 Å². The van der Waals surface area contributed by atoms with E-state index in [0.717, 1.165) is 5.56 Å². The van der Waals surface area contributed by atoms with Crippen molar-refractivity contribution in [1.29, 1.82) is 0 Å². The highest BCUT2D eigenvalue weighted by Gasteiger charge is 2.20. The van der Waals surface area contributed by atoms with Gasteiger partial charge in [0.2, 0.25) is 12.3 Å². The summed E-state index contributed by atoms with van der Waals surface area (Å²) in [5.74, 6) is -0.357. The van der Waals surface area contributed by atoms with Crippen molar-refractivity contribution in [3.05, 3.63) is 66.1 Å². The van der Waals surface area contributed by atoms with Crippen molar-refractivity contribution in [3.63, 3.8) is 0 Å². The maximum Gasteiger partial charge on any atom is 0.338 e. The number of carbonyl (C=O) groups is 2. The van der Waals surface area contributed by atoms with Gasteiger partial charge in [-0.1, -0.05) is 32.0 Å². The van der Waals surface area contributed by atoms with E-state index in [-0.39, 0.29) is 11.8 Å². The maximum absolute atomic E-state index is 12.4. The first-order chi connectivity index (χ1) is 13.5. The molecule has 0 radical (unpaired) electrons. The largest absolute Gasteiger partial charge is 0.449 e. The quantitative estimate of drug-likeness (QED) is 0.650. The summed E-state index contributed by atoms with van der Waals surface area (Å²) in [6.45, 7) is 5.64. The van der Waals surface area contributed by atoms with Gasteiger partial charge in [0, 0.05) is 11.3 Å². The molecule has 1 heterocycles. The first-order valence-corrected chi connectivity index (χ1v) is 8.93. The number of hydrogen-bond acceptors (Lipinski definition) is 6. The van der Waals surface area contributed by atoms with E-state index in [4.69, 9.17) is 9.15 Å². The van der Waals surface area contributed by atoms with Crippen LogP contribution in [0.3, 0.4) is 0 Å². The van der Waals surface area contributed by atoms with Crippen LogP contribution >= 0.6 is 0 Å². The Morgan fingerprint density at radius 2 is 1.75 bits per heavy atom. The third kappa shape index (κ3) is 4.43. The Balaban J connectivity index is 1.63. The van der Waals surface area contributed by atoms with Crippen molar-refractivity contribution >= 4 is 17.6 Å². The molecule has 0 bridgehead atoms. The lowest BCUT2D eigenvalue weighted by Crippen LogP contribution is -2.30. The summed E-state index contributed by atoms with van der Waals surface area (Å²) in [6, 6.07) is 14.1. The second kappa shape index (κ2) is 8.47. The number of carbonyl (C=O) groups excluding carboxylic acids is 2. The number of benzene rings is 2. The highest BCUT2D eigenvalue weighted by Crippen LogP contribution is 2.24. The van der Waals surface area contributed by atoms with Crippen molar-refractivity contribution in [1.82, 2.24) is 10.2 Å². The molecule has 0 spiro atoms. The minimum atomic E-state index is -0.941. The Bertz CT molecular complexity index is 950. The summed E-state index contributed by atoms with van der Waals surface area (Å²) < 4.78 is 10.4. The number of esters is 1. The smallest absolute Gasteiger partial charge is 0.338 e. The van der Waals surface area contributed by atoms with Gasteiger partial charge in [-0.3, -0.25) is 4.79 Å². The van der Waals surface area contributed by atoms with Gasteiger partial charge in [0.05, 0.1) is 5.56 Å². The number of hydrogen-bond donors (Lipinski definition) is 1. The number of nitrogens with one attached hydrogen (secondary N) is 1. The maximum atomic E-state index is 12.4. The lowest BCUT2D eigenvalue weighted by molar-refractivity contribution is -0.123. The molecular weight excluding hydrogens is 358 g/mol. The predicted molar refractivity (Wildman–Crippen MR) is 104 cm³/mol. The van der Waals surface area contributed by atoms with E-state index in [1.165, 1.54) is 13.3 Å². The summed E-state index contributed by atoms with van der Waals surface area (Å²) in [5, 5.41) is 10.3. The van der Waals surface area contributed by atoms with E-state index in [1.807, 2.05) is 38.1 Å². The van der Waals surface area contributed by atoms with Gasteiger partial charge in [0.1, 0.15) is 0 Å². The molecule has 0 saturated carbocycles. The average molecular weight is 379 g/mol. The molecule has 7 heteroatoms. The van der Waals surface area contributed by atoms with Crippen LogP contribution in [0, 0.1) is 0 Å². The van der Waals surface area contributed by atoms with E-state index in [2.05, 4.69) is 15.5 Å². The fraction of sp³-hybridized carbons (Fsp3) is 0.238. The number of aromatic nitrogens is 2. The van der Waals surface area contributed by atoms with Crippen LogP contribution in [0.5, 0.6) is 0 Å². The van der Waals surface area contributed by atoms with Crippen LogP contribution in [-0.2, 0) is 9.53 Å². The van der Waals surface area contributed by atoms with Crippen molar-refractivity contribution in [2.45, 2.75) is 32.8 Å². The van der Waals surface area contributed by atoms with E-state index >= 15 is 0 Å². The Hall–Kier alpha value is -3.48. The van der Waals surface area contributed by atoms with E-state index in [0.29, 0.717) is 22.7 Å². The molecule has 28 heavy (non-hydrogen) atoms. The SMILES string of the molecule is CC(C)c1ccccc1NC(=O)[C@@H](C)OC(=O)c1ccc(-c2nnco2)cc1. The summed E-state index contributed by atoms with van der Waals surface area (Å²) in [4.78, 5) is 24.8. The molecule has 0 unspecified atom stereocenters. The number of anilines is 1. The van der Waals surface area contributed by atoms with Gasteiger partial charge in [0.25, 0.3) is 5.91 Å². The molecule has 0 saturated heterocycles. The van der Waals surface area contributed by atoms with Crippen LogP contribution in [0.1, 0.15) is 42.6 Å². The van der Waals surface area contributed by atoms with Gasteiger partial charge < -0.3 is 14.5 Å². The average Bonchev–Trinajstić information content (AvgIpc) is 3.23. The lowest BCUT2D eigenvalue weighted by atomic mass is 10.0. The lowest BCUT2D eigenvalue weighted by Gasteiger charge is -2.17. The summed E-state index contributed by atoms with van der Waals surface area (Å²) >= 11 is 0. The van der Waals surface area contributed by atoms with Gasteiger partial charge in [-0.05, 0) is 48.7 Å². The van der Waals surface area contributed by atoms with Crippen molar-refractivity contribution < 1.29 is 18.7 Å². The van der Waals surface area contributed by atoms with Crippen molar-refractivity contribution in [2.24, 2.45) is 0 Å². The predicted octanol–water partition coefficient (Wildman–Crippen LogP) is 4.04. The van der Waals surface area contributed by atoms with Gasteiger partial charge in [-0.25, -0.2) is 4.79 Å². The first-order valence-electron chi connectivity index (χ1n) is 8.93. The van der Waals surface area contributed by atoms with Gasteiger partial charge in [0.15, 0.2) is 6.10 Å². The third-order valence-electron chi connectivity index (χ3n) is 4.22. The molecule has 1 atom stereocenters. The molecule has 0 aliphatic heterocycles. The van der Waals surface area contributed by atoms with E-state index in [1.54, 1.807) is 24.3 Å². The van der Waals surface area contributed by atoms with Gasteiger partial charge >= 0.3 is 5.97 Å². The molecule has 144 valence electrons. The van der Waals surface area contributed by atoms with Crippen molar-refractivity contribution in [3.8, 4) is 11.5 Å². The van der Waals surface area contributed by atoms with Crippen LogP contribution in [0.2, 0.25) is 0 Å². The molecule has 0 fully saturated rings. The number of para-hydroxylation sites is 1. The summed E-state index contributed by atoms with van der Waals surface area (Å²) in [6.07, 6.45) is 0.290. The van der Waals surface area contributed by atoms with Gasteiger partial charge in [-0.15, -0.1) is 10.2 Å². The van der Waals surface area contributed by atoms with Gasteiger partial charge in [-0.2, -0.15) is 0 Å². The molecule has 2 aromatic carbocycles. The molecule has 1 aromatic heterocycles. The molecule has 7 nitrogen and oxygen atoms in total. The second-order valence-electron chi connectivity index (χ2n) is 6.60. The Morgan fingerprint density at radius 1 is 1.04 bits per heavy atom. The molecule has 3 aromatic rings. The first kappa shape index (κ1) is 19.3. The molecule has 1 amide bonds. The fourth-order valence-corrected chi connectivity index (χ4v) is 2.68. The standard InChI is InChI=1S/C21H21N3O4/c1-13(2)17-6-4-5-7-18(17)23-19(25)14(3)28-21(26)16-10-8-15(9-11-16)20-24-22-12-27-20/h4-14H,1-3H3,(H,23,25)/t14-/m1/s1. The van der Waals surface area contributed by atoms with Crippen LogP contribution < -0.4 is 5.32 Å². The zero-order valence-corrected chi connectivity index (χ0v) is 15.9. The van der Waals surface area contributed by atoms with Crippen LogP contribution in [-0.4, -0.2) is 28.2 Å². The minimum absolute atomic E-state index is 0.256.